The fourth-order valence-electron chi connectivity index (χ4n) is 1.66. The van der Waals surface area contributed by atoms with Crippen LogP contribution in [0.2, 0.25) is 0 Å². The summed E-state index contributed by atoms with van der Waals surface area (Å²) in [5.74, 6) is 0.811. The van der Waals surface area contributed by atoms with E-state index in [-0.39, 0.29) is 11.7 Å². The molecule has 3 rings (SSSR count). The molecular formula is C14H10BrN3O3S. The van der Waals surface area contributed by atoms with E-state index in [4.69, 9.17) is 8.83 Å². The normalized spacial score (nSPS) is 10.6. The van der Waals surface area contributed by atoms with Gasteiger partial charge in [0.1, 0.15) is 0 Å². The van der Waals surface area contributed by atoms with Crippen LogP contribution >= 0.6 is 27.7 Å². The molecule has 0 aliphatic rings. The van der Waals surface area contributed by atoms with Crippen molar-refractivity contribution < 1.29 is 13.6 Å². The molecule has 8 heteroatoms. The summed E-state index contributed by atoms with van der Waals surface area (Å²) in [6, 6.07) is 10.8. The topological polar surface area (TPSA) is 81.2 Å². The number of anilines is 1. The van der Waals surface area contributed by atoms with Crippen LogP contribution in [0.5, 0.6) is 0 Å². The first-order chi connectivity index (χ1) is 10.7. The maximum atomic E-state index is 11.9. The summed E-state index contributed by atoms with van der Waals surface area (Å²) in [6.45, 7) is 0. The van der Waals surface area contributed by atoms with Gasteiger partial charge in [0.15, 0.2) is 5.76 Å². The summed E-state index contributed by atoms with van der Waals surface area (Å²) in [5.41, 5.74) is 0.724. The lowest BCUT2D eigenvalue weighted by atomic mass is 10.3. The molecule has 1 amide bonds. The Balaban J connectivity index is 1.55. The highest BCUT2D eigenvalue weighted by atomic mass is 79.9. The van der Waals surface area contributed by atoms with Crippen molar-refractivity contribution in [3.8, 4) is 11.7 Å². The number of hydrogen-bond acceptors (Lipinski definition) is 6. The minimum Gasteiger partial charge on any atom is -0.459 e. The monoisotopic (exact) mass is 379 g/mol. The van der Waals surface area contributed by atoms with Gasteiger partial charge in [-0.15, -0.1) is 10.2 Å². The molecule has 3 aromatic rings. The van der Waals surface area contributed by atoms with Crippen LogP contribution in [0.1, 0.15) is 0 Å². The maximum absolute atomic E-state index is 11.9. The number of nitrogens with zero attached hydrogens (tertiary/aromatic N) is 2. The molecule has 0 unspecified atom stereocenters. The molecule has 2 aromatic heterocycles. The molecule has 6 nitrogen and oxygen atoms in total. The van der Waals surface area contributed by atoms with Crippen LogP contribution in [0.3, 0.4) is 0 Å². The van der Waals surface area contributed by atoms with Gasteiger partial charge in [-0.25, -0.2) is 0 Å². The van der Waals surface area contributed by atoms with Crippen LogP contribution in [0.4, 0.5) is 5.69 Å². The van der Waals surface area contributed by atoms with E-state index in [9.17, 15) is 4.79 Å². The van der Waals surface area contributed by atoms with Crippen LogP contribution in [-0.4, -0.2) is 21.9 Å². The van der Waals surface area contributed by atoms with E-state index in [0.29, 0.717) is 16.9 Å². The summed E-state index contributed by atoms with van der Waals surface area (Å²) in [7, 11) is 0. The van der Waals surface area contributed by atoms with Crippen LogP contribution in [0.15, 0.2) is 61.2 Å². The van der Waals surface area contributed by atoms with Crippen LogP contribution in [0, 0.1) is 0 Å². The predicted octanol–water partition coefficient (Wildman–Crippen LogP) is 3.82. The number of carbonyl (C=O) groups excluding carboxylic acids is 1. The zero-order valence-electron chi connectivity index (χ0n) is 11.2. The lowest BCUT2D eigenvalue weighted by Gasteiger charge is -2.03. The van der Waals surface area contributed by atoms with E-state index in [1.807, 2.05) is 24.3 Å². The zero-order chi connectivity index (χ0) is 15.4. The van der Waals surface area contributed by atoms with Crippen molar-refractivity contribution in [2.24, 2.45) is 0 Å². The van der Waals surface area contributed by atoms with Crippen molar-refractivity contribution in [2.75, 3.05) is 11.1 Å². The fraction of sp³-hybridized carbons (Fsp3) is 0.0714. The third kappa shape index (κ3) is 3.77. The Hall–Kier alpha value is -2.06. The average Bonchev–Trinajstić information content (AvgIpc) is 3.16. The fourth-order valence-corrected chi connectivity index (χ4v) is 2.62. The molecule has 22 heavy (non-hydrogen) atoms. The van der Waals surface area contributed by atoms with Gasteiger partial charge in [-0.05, 0) is 30.3 Å². The third-order valence-corrected chi connectivity index (χ3v) is 3.89. The smallest absolute Gasteiger partial charge is 0.284 e. The Morgan fingerprint density at radius 3 is 2.95 bits per heavy atom. The number of rotatable bonds is 5. The second-order valence-corrected chi connectivity index (χ2v) is 6.04. The van der Waals surface area contributed by atoms with Gasteiger partial charge in [0, 0.05) is 10.2 Å². The van der Waals surface area contributed by atoms with Crippen LogP contribution in [-0.2, 0) is 4.79 Å². The molecule has 0 saturated heterocycles. The van der Waals surface area contributed by atoms with E-state index < -0.39 is 0 Å². The number of hydrogen-bond donors (Lipinski definition) is 1. The molecule has 0 spiro atoms. The quantitative estimate of drug-likeness (QED) is 0.678. The maximum Gasteiger partial charge on any atom is 0.284 e. The van der Waals surface area contributed by atoms with Gasteiger partial charge in [0.05, 0.1) is 12.0 Å². The van der Waals surface area contributed by atoms with Gasteiger partial charge in [-0.2, -0.15) is 0 Å². The van der Waals surface area contributed by atoms with E-state index in [2.05, 4.69) is 31.4 Å². The number of benzene rings is 1. The van der Waals surface area contributed by atoms with Gasteiger partial charge < -0.3 is 14.2 Å². The molecule has 112 valence electrons. The van der Waals surface area contributed by atoms with Crippen LogP contribution in [0.25, 0.3) is 11.7 Å². The zero-order valence-corrected chi connectivity index (χ0v) is 13.6. The number of aromatic nitrogens is 2. The molecule has 0 radical (unpaired) electrons. The van der Waals surface area contributed by atoms with Gasteiger partial charge in [0.25, 0.3) is 11.1 Å². The number of amides is 1. The minimum atomic E-state index is -0.152. The van der Waals surface area contributed by atoms with E-state index in [1.165, 1.54) is 6.26 Å². The Bertz CT molecular complexity index is 773. The number of carbonyl (C=O) groups is 1. The molecule has 0 bridgehead atoms. The lowest BCUT2D eigenvalue weighted by Crippen LogP contribution is -2.13. The summed E-state index contributed by atoms with van der Waals surface area (Å²) >= 11 is 4.52. The predicted molar refractivity (Wildman–Crippen MR) is 85.5 cm³/mol. The number of furan rings is 1. The van der Waals surface area contributed by atoms with Crippen molar-refractivity contribution in [1.29, 1.82) is 0 Å². The van der Waals surface area contributed by atoms with Gasteiger partial charge in [-0.1, -0.05) is 33.8 Å². The lowest BCUT2D eigenvalue weighted by molar-refractivity contribution is -0.113. The van der Waals surface area contributed by atoms with Crippen molar-refractivity contribution in [3.05, 3.63) is 47.1 Å². The molecule has 0 aliphatic carbocycles. The SMILES string of the molecule is O=C(CSc1nnc(-c2ccco2)o1)Nc1cccc(Br)c1. The number of halogens is 1. The molecular weight excluding hydrogens is 370 g/mol. The number of thioether (sulfide) groups is 1. The summed E-state index contributed by atoms with van der Waals surface area (Å²) < 4.78 is 11.5. The largest absolute Gasteiger partial charge is 0.459 e. The van der Waals surface area contributed by atoms with Gasteiger partial charge in [0.2, 0.25) is 5.91 Å². The van der Waals surface area contributed by atoms with Crippen molar-refractivity contribution in [2.45, 2.75) is 5.22 Å². The Morgan fingerprint density at radius 2 is 2.18 bits per heavy atom. The second kappa shape index (κ2) is 6.80. The summed E-state index contributed by atoms with van der Waals surface area (Å²) in [4.78, 5) is 11.9. The summed E-state index contributed by atoms with van der Waals surface area (Å²) in [6.07, 6.45) is 1.53. The molecule has 0 saturated carbocycles. The Kier molecular flexibility index (Phi) is 4.59. The van der Waals surface area contributed by atoms with E-state index in [0.717, 1.165) is 21.9 Å². The first kappa shape index (κ1) is 14.9. The average molecular weight is 380 g/mol. The van der Waals surface area contributed by atoms with Crippen molar-refractivity contribution in [1.82, 2.24) is 10.2 Å². The second-order valence-electron chi connectivity index (χ2n) is 4.20. The first-order valence-electron chi connectivity index (χ1n) is 6.26. The Labute approximate surface area is 138 Å². The van der Waals surface area contributed by atoms with Gasteiger partial charge in [-0.3, -0.25) is 4.79 Å². The molecule has 0 fully saturated rings. The first-order valence-corrected chi connectivity index (χ1v) is 8.04. The van der Waals surface area contributed by atoms with Gasteiger partial charge >= 0.3 is 0 Å². The minimum absolute atomic E-state index is 0.152. The third-order valence-electron chi connectivity index (χ3n) is 2.57. The van der Waals surface area contributed by atoms with Crippen molar-refractivity contribution in [3.63, 3.8) is 0 Å². The highest BCUT2D eigenvalue weighted by Gasteiger charge is 2.12. The van der Waals surface area contributed by atoms with Crippen LogP contribution < -0.4 is 5.32 Å². The summed E-state index contributed by atoms with van der Waals surface area (Å²) in [5, 5.41) is 10.8. The number of nitrogens with one attached hydrogen (secondary N) is 1. The molecule has 0 aliphatic heterocycles. The highest BCUT2D eigenvalue weighted by Crippen LogP contribution is 2.23. The Morgan fingerprint density at radius 1 is 1.27 bits per heavy atom. The standard InChI is InChI=1S/C14H10BrN3O3S/c15-9-3-1-4-10(7-9)16-12(19)8-22-14-18-17-13(21-14)11-5-2-6-20-11/h1-7H,8H2,(H,16,19). The van der Waals surface area contributed by atoms with Crippen molar-refractivity contribution >= 4 is 39.3 Å². The molecule has 2 heterocycles. The molecule has 1 N–H and O–H groups in total. The van der Waals surface area contributed by atoms with E-state index >= 15 is 0 Å². The highest BCUT2D eigenvalue weighted by molar-refractivity contribution is 9.10. The molecule has 1 aromatic carbocycles. The molecule has 0 atom stereocenters. The van der Waals surface area contributed by atoms with E-state index in [1.54, 1.807) is 12.1 Å².